The van der Waals surface area contributed by atoms with E-state index in [1.54, 1.807) is 5.06 Å². The van der Waals surface area contributed by atoms with Gasteiger partial charge in [-0.05, 0) is 30.6 Å². The largest absolute Gasteiger partial charge is 0.409 e. The molecular formula is C24H41NO7Si. The highest BCUT2D eigenvalue weighted by atomic mass is 28.4. The van der Waals surface area contributed by atoms with E-state index in [-0.39, 0.29) is 17.7 Å². The summed E-state index contributed by atoms with van der Waals surface area (Å²) < 4.78 is 30.8. The van der Waals surface area contributed by atoms with Crippen LogP contribution in [0.25, 0.3) is 0 Å². The van der Waals surface area contributed by atoms with Crippen LogP contribution in [0.2, 0.25) is 18.1 Å². The Kier molecular flexibility index (Phi) is 8.41. The van der Waals surface area contributed by atoms with Gasteiger partial charge in [0, 0.05) is 20.8 Å². The molecule has 0 radical (unpaired) electrons. The normalized spacial score (nSPS) is 31.5. The monoisotopic (exact) mass is 483 g/mol. The number of ether oxygens (including phenoxy) is 4. The van der Waals surface area contributed by atoms with Crippen LogP contribution >= 0.6 is 0 Å². The highest BCUT2D eigenvalue weighted by Crippen LogP contribution is 2.42. The summed E-state index contributed by atoms with van der Waals surface area (Å²) in [5, 5.41) is 12.8. The minimum atomic E-state index is -2.16. The summed E-state index contributed by atoms with van der Waals surface area (Å²) in [4.78, 5) is 6.06. The van der Waals surface area contributed by atoms with Crippen LogP contribution < -0.4 is 0 Å². The second kappa shape index (κ2) is 10.4. The molecule has 0 aromatic heterocycles. The van der Waals surface area contributed by atoms with Crippen LogP contribution in [-0.2, 0) is 34.8 Å². The van der Waals surface area contributed by atoms with Gasteiger partial charge in [-0.25, -0.2) is 0 Å². The van der Waals surface area contributed by atoms with Gasteiger partial charge in [-0.15, -0.1) is 0 Å². The molecule has 1 aromatic carbocycles. The van der Waals surface area contributed by atoms with E-state index in [0.717, 1.165) is 5.56 Å². The molecule has 33 heavy (non-hydrogen) atoms. The van der Waals surface area contributed by atoms with Crippen LogP contribution in [-0.4, -0.2) is 82.4 Å². The van der Waals surface area contributed by atoms with Crippen LogP contribution in [0.15, 0.2) is 30.3 Å². The van der Waals surface area contributed by atoms with Crippen molar-refractivity contribution in [2.45, 2.75) is 88.8 Å². The third kappa shape index (κ3) is 5.52. The predicted octanol–water partition coefficient (Wildman–Crippen LogP) is 3.30. The number of aliphatic hydroxyl groups is 1. The lowest BCUT2D eigenvalue weighted by molar-refractivity contribution is -0.409. The van der Waals surface area contributed by atoms with E-state index in [2.05, 4.69) is 33.9 Å². The first-order chi connectivity index (χ1) is 15.4. The maximum atomic E-state index is 11.0. The van der Waals surface area contributed by atoms with Crippen LogP contribution in [0.4, 0.5) is 0 Å². The summed E-state index contributed by atoms with van der Waals surface area (Å²) in [5.74, 6) is -1.37. The second-order valence-electron chi connectivity index (χ2n) is 10.4. The zero-order valence-electron chi connectivity index (χ0n) is 21.2. The highest BCUT2D eigenvalue weighted by Gasteiger charge is 2.60. The molecule has 0 saturated carbocycles. The fourth-order valence-electron chi connectivity index (χ4n) is 4.27. The van der Waals surface area contributed by atoms with Crippen molar-refractivity contribution in [3.63, 3.8) is 0 Å². The molecule has 1 aromatic rings. The van der Waals surface area contributed by atoms with E-state index in [4.69, 9.17) is 28.2 Å². The Bertz CT molecular complexity index is 753. The standard InChI is InChI=1S/C24H41NO7Si/c1-17-29-15-19(32-33(7,8)23(2,3)4)21(31-17)22-24(27-5,28-6)20(26)16-30-25(22)14-18-12-10-9-11-13-18/h9-13,17,19-22,26H,14-16H2,1-8H3/t17-,19-,20+,21-,22-/m1/s1. The second-order valence-corrected chi connectivity index (χ2v) is 15.1. The maximum absolute atomic E-state index is 11.0. The fourth-order valence-corrected chi connectivity index (χ4v) is 5.58. The molecule has 3 rings (SSSR count). The summed E-state index contributed by atoms with van der Waals surface area (Å²) in [7, 11) is 0.917. The topological polar surface area (TPSA) is 78.9 Å². The smallest absolute Gasteiger partial charge is 0.217 e. The summed E-state index contributed by atoms with van der Waals surface area (Å²) in [5.41, 5.74) is 1.06. The van der Waals surface area contributed by atoms with Crippen molar-refractivity contribution < 1.29 is 33.3 Å². The highest BCUT2D eigenvalue weighted by molar-refractivity contribution is 6.74. The molecule has 0 spiro atoms. The van der Waals surface area contributed by atoms with Gasteiger partial charge in [0.1, 0.15) is 18.2 Å². The number of aliphatic hydroxyl groups excluding tert-OH is 1. The van der Waals surface area contributed by atoms with E-state index in [1.165, 1.54) is 14.2 Å². The average Bonchev–Trinajstić information content (AvgIpc) is 2.76. The SMILES string of the molecule is COC1(OC)[C@@H](O)CON(Cc2ccccc2)[C@@H]1[C@@H]1O[C@H](C)OC[C@H]1O[Si](C)(C)C(C)(C)C. The molecule has 1 N–H and O–H groups in total. The van der Waals surface area contributed by atoms with Crippen LogP contribution in [0, 0.1) is 0 Å². The molecule has 0 aliphatic carbocycles. The van der Waals surface area contributed by atoms with Crippen molar-refractivity contribution in [3.8, 4) is 0 Å². The lowest BCUT2D eigenvalue weighted by atomic mass is 9.90. The van der Waals surface area contributed by atoms with Crippen LogP contribution in [0.3, 0.4) is 0 Å². The molecule has 2 fully saturated rings. The van der Waals surface area contributed by atoms with Gasteiger partial charge >= 0.3 is 0 Å². The molecule has 2 heterocycles. The molecule has 5 atom stereocenters. The number of hydroxylamine groups is 2. The lowest BCUT2D eigenvalue weighted by Crippen LogP contribution is -2.73. The van der Waals surface area contributed by atoms with Crippen molar-refractivity contribution in [2.75, 3.05) is 27.4 Å². The Balaban J connectivity index is 2.02. The quantitative estimate of drug-likeness (QED) is 0.468. The van der Waals surface area contributed by atoms with Gasteiger partial charge in [0.2, 0.25) is 5.79 Å². The van der Waals surface area contributed by atoms with Crippen molar-refractivity contribution in [1.29, 1.82) is 0 Å². The summed E-state index contributed by atoms with van der Waals surface area (Å²) in [6.45, 7) is 13.7. The maximum Gasteiger partial charge on any atom is 0.217 e. The Morgan fingerprint density at radius 2 is 1.76 bits per heavy atom. The molecule has 9 heteroatoms. The predicted molar refractivity (Wildman–Crippen MR) is 127 cm³/mol. The summed E-state index contributed by atoms with van der Waals surface area (Å²) >= 11 is 0. The van der Waals surface area contributed by atoms with Crippen molar-refractivity contribution in [2.24, 2.45) is 0 Å². The molecule has 8 nitrogen and oxygen atoms in total. The molecule has 0 amide bonds. The first-order valence-corrected chi connectivity index (χ1v) is 14.5. The summed E-state index contributed by atoms with van der Waals surface area (Å²) in [6, 6.07) is 9.40. The molecule has 0 unspecified atom stereocenters. The van der Waals surface area contributed by atoms with E-state index in [9.17, 15) is 5.11 Å². The molecule has 188 valence electrons. The van der Waals surface area contributed by atoms with Crippen LogP contribution in [0.5, 0.6) is 0 Å². The first kappa shape index (κ1) is 26.7. The van der Waals surface area contributed by atoms with Gasteiger partial charge in [0.05, 0.1) is 19.3 Å². The number of rotatable bonds is 7. The lowest BCUT2D eigenvalue weighted by Gasteiger charge is -2.55. The molecule has 2 aliphatic heterocycles. The Hall–Kier alpha value is -0.883. The van der Waals surface area contributed by atoms with Crippen molar-refractivity contribution in [1.82, 2.24) is 5.06 Å². The number of nitrogens with zero attached hydrogens (tertiary/aromatic N) is 1. The van der Waals surface area contributed by atoms with Crippen molar-refractivity contribution in [3.05, 3.63) is 35.9 Å². The number of benzene rings is 1. The van der Waals surface area contributed by atoms with Gasteiger partial charge in [-0.3, -0.25) is 4.84 Å². The number of hydrogen-bond donors (Lipinski definition) is 1. The zero-order valence-corrected chi connectivity index (χ0v) is 22.2. The van der Waals surface area contributed by atoms with Gasteiger partial charge in [0.15, 0.2) is 14.6 Å². The van der Waals surface area contributed by atoms with E-state index >= 15 is 0 Å². The Morgan fingerprint density at radius 1 is 1.12 bits per heavy atom. The van der Waals surface area contributed by atoms with E-state index in [0.29, 0.717) is 13.2 Å². The Morgan fingerprint density at radius 3 is 2.33 bits per heavy atom. The molecule has 0 bridgehead atoms. The van der Waals surface area contributed by atoms with Crippen molar-refractivity contribution >= 4 is 8.32 Å². The number of hydrogen-bond acceptors (Lipinski definition) is 8. The third-order valence-electron chi connectivity index (χ3n) is 7.18. The summed E-state index contributed by atoms with van der Waals surface area (Å²) in [6.07, 6.45) is -2.37. The molecular weight excluding hydrogens is 442 g/mol. The molecule has 2 saturated heterocycles. The number of methoxy groups -OCH3 is 2. The molecule has 2 aliphatic rings. The minimum Gasteiger partial charge on any atom is -0.409 e. The van der Waals surface area contributed by atoms with Gasteiger partial charge in [-0.1, -0.05) is 51.1 Å². The average molecular weight is 484 g/mol. The fraction of sp³-hybridized carbons (Fsp3) is 0.750. The van der Waals surface area contributed by atoms with E-state index < -0.39 is 38.6 Å². The zero-order chi connectivity index (χ0) is 24.4. The van der Waals surface area contributed by atoms with Crippen LogP contribution in [0.1, 0.15) is 33.3 Å². The first-order valence-electron chi connectivity index (χ1n) is 11.6. The van der Waals surface area contributed by atoms with Gasteiger partial charge in [-0.2, -0.15) is 5.06 Å². The minimum absolute atomic E-state index is 0.00647. The Labute approximate surface area is 199 Å². The third-order valence-corrected chi connectivity index (χ3v) is 11.7. The van der Waals surface area contributed by atoms with Gasteiger partial charge < -0.3 is 28.5 Å². The van der Waals surface area contributed by atoms with Gasteiger partial charge in [0.25, 0.3) is 0 Å². The van der Waals surface area contributed by atoms with E-state index in [1.807, 2.05) is 37.3 Å².